The lowest BCUT2D eigenvalue weighted by Gasteiger charge is -2.26. The average Bonchev–Trinajstić information content (AvgIpc) is 2.54. The summed E-state index contributed by atoms with van der Waals surface area (Å²) in [6.45, 7) is 0.804. The van der Waals surface area contributed by atoms with Crippen molar-refractivity contribution in [3.8, 4) is 0 Å². The van der Waals surface area contributed by atoms with Crippen LogP contribution in [0.5, 0.6) is 0 Å². The molecule has 2 aromatic carbocycles. The molecule has 2 rings (SSSR count). The Morgan fingerprint density at radius 2 is 1.96 bits per heavy atom. The molecule has 0 aliphatic carbocycles. The van der Waals surface area contributed by atoms with Crippen molar-refractivity contribution in [2.24, 2.45) is 0 Å². The van der Waals surface area contributed by atoms with Crippen LogP contribution in [0.2, 0.25) is 10.0 Å². The summed E-state index contributed by atoms with van der Waals surface area (Å²) in [7, 11) is 3.67. The Bertz CT molecular complexity index is 751. The predicted octanol–water partition coefficient (Wildman–Crippen LogP) is 4.43. The van der Waals surface area contributed by atoms with Gasteiger partial charge in [-0.2, -0.15) is 0 Å². The zero-order chi connectivity index (χ0) is 18.6. The number of nitro benzene ring substituents is 1. The van der Waals surface area contributed by atoms with E-state index in [0.717, 1.165) is 0 Å². The Balaban J connectivity index is 2.11. The van der Waals surface area contributed by atoms with E-state index in [1.807, 2.05) is 19.0 Å². The second-order valence-corrected chi connectivity index (χ2v) is 6.60. The fourth-order valence-electron chi connectivity index (χ4n) is 2.53. The Labute approximate surface area is 155 Å². The van der Waals surface area contributed by atoms with E-state index in [-0.39, 0.29) is 22.6 Å². The zero-order valence-corrected chi connectivity index (χ0v) is 15.3. The van der Waals surface area contributed by atoms with Crippen LogP contribution >= 0.6 is 23.2 Å². The van der Waals surface area contributed by atoms with Crippen LogP contribution in [0.3, 0.4) is 0 Å². The molecule has 25 heavy (non-hydrogen) atoms. The summed E-state index contributed by atoms with van der Waals surface area (Å²) >= 11 is 12.0. The van der Waals surface area contributed by atoms with Gasteiger partial charge in [-0.1, -0.05) is 35.3 Å². The number of likely N-dealkylation sites (N-methyl/N-ethyl adjacent to an activating group) is 1. The smallest absolute Gasteiger partial charge is 0.288 e. The molecule has 0 aromatic heterocycles. The summed E-state index contributed by atoms with van der Waals surface area (Å²) in [5.41, 5.74) is 0.999. The second-order valence-electron chi connectivity index (χ2n) is 5.79. The van der Waals surface area contributed by atoms with Gasteiger partial charge in [0.05, 0.1) is 11.0 Å². The third kappa shape index (κ3) is 4.89. The highest BCUT2D eigenvalue weighted by molar-refractivity contribution is 6.32. The monoisotopic (exact) mass is 385 g/mol. The molecule has 0 aliphatic rings. The molecule has 134 valence electrons. The number of nitrogens with zero attached hydrogens (tertiary/aromatic N) is 2. The van der Waals surface area contributed by atoms with Crippen LogP contribution in [0.1, 0.15) is 17.2 Å². The first-order chi connectivity index (χ1) is 11.8. The van der Waals surface area contributed by atoms with Gasteiger partial charge < -0.3 is 10.2 Å². The average molecular weight is 386 g/mol. The number of hydrogen-bond donors (Lipinski definition) is 1. The van der Waals surface area contributed by atoms with E-state index >= 15 is 0 Å². The zero-order valence-electron chi connectivity index (χ0n) is 13.8. The van der Waals surface area contributed by atoms with Crippen molar-refractivity contribution >= 4 is 28.9 Å². The number of hydrogen-bond acceptors (Lipinski definition) is 4. The van der Waals surface area contributed by atoms with Crippen LogP contribution in [-0.4, -0.2) is 30.5 Å². The van der Waals surface area contributed by atoms with Crippen LogP contribution in [0.15, 0.2) is 36.4 Å². The maximum Gasteiger partial charge on any atom is 0.288 e. The molecular formula is C17H18Cl2FN3O2. The van der Waals surface area contributed by atoms with Gasteiger partial charge in [0.2, 0.25) is 0 Å². The summed E-state index contributed by atoms with van der Waals surface area (Å²) in [5, 5.41) is 14.6. The third-order valence-corrected chi connectivity index (χ3v) is 4.48. The van der Waals surface area contributed by atoms with Gasteiger partial charge in [0, 0.05) is 29.7 Å². The maximum absolute atomic E-state index is 14.2. The number of benzene rings is 2. The highest BCUT2D eigenvalue weighted by Crippen LogP contribution is 2.29. The van der Waals surface area contributed by atoms with Crippen LogP contribution < -0.4 is 5.32 Å². The lowest BCUT2D eigenvalue weighted by Crippen LogP contribution is -2.31. The fourth-order valence-corrected chi connectivity index (χ4v) is 3.01. The van der Waals surface area contributed by atoms with Gasteiger partial charge in [0.15, 0.2) is 0 Å². The quantitative estimate of drug-likeness (QED) is 0.565. The summed E-state index contributed by atoms with van der Waals surface area (Å²) in [4.78, 5) is 12.3. The van der Waals surface area contributed by atoms with Gasteiger partial charge in [0.1, 0.15) is 10.8 Å². The molecule has 0 saturated carbocycles. The number of nitrogens with one attached hydrogen (secondary N) is 1. The summed E-state index contributed by atoms with van der Waals surface area (Å²) in [6.07, 6.45) is 0. The van der Waals surface area contributed by atoms with Gasteiger partial charge in [-0.25, -0.2) is 4.39 Å². The van der Waals surface area contributed by atoms with Gasteiger partial charge in [-0.3, -0.25) is 10.1 Å². The molecule has 2 aromatic rings. The molecule has 1 N–H and O–H groups in total. The Morgan fingerprint density at radius 3 is 2.56 bits per heavy atom. The van der Waals surface area contributed by atoms with Gasteiger partial charge >= 0.3 is 0 Å². The molecular weight excluding hydrogens is 368 g/mol. The number of halogens is 3. The van der Waals surface area contributed by atoms with E-state index in [4.69, 9.17) is 23.2 Å². The van der Waals surface area contributed by atoms with Crippen LogP contribution in [0, 0.1) is 15.9 Å². The molecule has 5 nitrogen and oxygen atoms in total. The van der Waals surface area contributed by atoms with E-state index in [1.54, 1.807) is 18.2 Å². The van der Waals surface area contributed by atoms with E-state index in [2.05, 4.69) is 5.32 Å². The van der Waals surface area contributed by atoms with Crippen molar-refractivity contribution < 1.29 is 9.31 Å². The number of rotatable bonds is 7. The van der Waals surface area contributed by atoms with Crippen molar-refractivity contribution in [1.29, 1.82) is 0 Å². The van der Waals surface area contributed by atoms with Crippen molar-refractivity contribution in [2.45, 2.75) is 12.6 Å². The fraction of sp³-hybridized carbons (Fsp3) is 0.294. The molecule has 0 saturated heterocycles. The van der Waals surface area contributed by atoms with E-state index in [9.17, 15) is 14.5 Å². The predicted molar refractivity (Wildman–Crippen MR) is 97.7 cm³/mol. The summed E-state index contributed by atoms with van der Waals surface area (Å²) in [5.74, 6) is -0.366. The van der Waals surface area contributed by atoms with Crippen LogP contribution in [-0.2, 0) is 6.54 Å². The van der Waals surface area contributed by atoms with Crippen LogP contribution in [0.25, 0.3) is 0 Å². The first-order valence-corrected chi connectivity index (χ1v) is 8.30. The molecule has 8 heteroatoms. The Kier molecular flexibility index (Phi) is 6.72. The lowest BCUT2D eigenvalue weighted by molar-refractivity contribution is -0.384. The van der Waals surface area contributed by atoms with Crippen molar-refractivity contribution in [3.05, 3.63) is 73.5 Å². The molecule has 1 atom stereocenters. The van der Waals surface area contributed by atoms with Gasteiger partial charge in [-0.05, 0) is 37.9 Å². The van der Waals surface area contributed by atoms with Crippen molar-refractivity contribution in [2.75, 3.05) is 20.6 Å². The normalized spacial score (nSPS) is 12.4. The largest absolute Gasteiger partial charge is 0.311 e. The molecule has 0 radical (unpaired) electrons. The Morgan fingerprint density at radius 1 is 1.24 bits per heavy atom. The number of nitro groups is 1. The minimum absolute atomic E-state index is 0.0954. The van der Waals surface area contributed by atoms with E-state index in [1.165, 1.54) is 18.2 Å². The molecule has 0 heterocycles. The van der Waals surface area contributed by atoms with E-state index in [0.29, 0.717) is 29.2 Å². The molecule has 0 amide bonds. The molecule has 0 aliphatic heterocycles. The third-order valence-electron chi connectivity index (χ3n) is 3.83. The van der Waals surface area contributed by atoms with Gasteiger partial charge in [-0.15, -0.1) is 0 Å². The molecule has 0 unspecified atom stereocenters. The standard InChI is InChI=1S/C17H18Cl2FN3O2/c1-22(2)16(17-13(19)4-3-5-14(17)20)10-21-9-11-6-7-12(18)15(8-11)23(24)25/h3-8,16,21H,9-10H2,1-2H3/t16-/m0/s1. The Hall–Kier alpha value is -1.73. The maximum atomic E-state index is 14.2. The molecule has 0 spiro atoms. The van der Waals surface area contributed by atoms with Gasteiger partial charge in [0.25, 0.3) is 5.69 Å². The summed E-state index contributed by atoms with van der Waals surface area (Å²) < 4.78 is 14.2. The van der Waals surface area contributed by atoms with Crippen molar-refractivity contribution in [1.82, 2.24) is 10.2 Å². The second kappa shape index (κ2) is 8.58. The highest BCUT2D eigenvalue weighted by Gasteiger charge is 2.21. The van der Waals surface area contributed by atoms with Crippen LogP contribution in [0.4, 0.5) is 10.1 Å². The topological polar surface area (TPSA) is 58.4 Å². The first-order valence-electron chi connectivity index (χ1n) is 7.55. The lowest BCUT2D eigenvalue weighted by atomic mass is 10.0. The highest BCUT2D eigenvalue weighted by atomic mass is 35.5. The van der Waals surface area contributed by atoms with Crippen molar-refractivity contribution in [3.63, 3.8) is 0 Å². The summed E-state index contributed by atoms with van der Waals surface area (Å²) in [6, 6.07) is 8.94. The molecule has 0 bridgehead atoms. The SMILES string of the molecule is CN(C)[C@@H](CNCc1ccc(Cl)c([N+](=O)[O-])c1)c1c(F)cccc1Cl. The molecule has 0 fully saturated rings. The minimum atomic E-state index is -0.520. The minimum Gasteiger partial charge on any atom is -0.311 e. The van der Waals surface area contributed by atoms with E-state index < -0.39 is 4.92 Å². The first kappa shape index (κ1) is 19.6.